The lowest BCUT2D eigenvalue weighted by Gasteiger charge is -2.41. The minimum atomic E-state index is -0.262. The third kappa shape index (κ3) is 8.32. The van der Waals surface area contributed by atoms with Crippen molar-refractivity contribution in [1.29, 1.82) is 0 Å². The van der Waals surface area contributed by atoms with E-state index >= 15 is 0 Å². The van der Waals surface area contributed by atoms with E-state index in [0.717, 1.165) is 32.6 Å². The number of aliphatic imine (C=N–C) groups is 1. The monoisotopic (exact) mass is 417 g/mol. The molecule has 7 nitrogen and oxygen atoms in total. The Kier molecular flexibility index (Phi) is 9.11. The number of ether oxygens (including phenoxy) is 1. The first-order chi connectivity index (χ1) is 14.2. The van der Waals surface area contributed by atoms with Crippen LogP contribution < -0.4 is 21.3 Å². The number of nitrogens with zero attached hydrogens (tertiary/aromatic N) is 1. The number of carbonyl (C=O) groups excluding carboxylic acids is 1. The van der Waals surface area contributed by atoms with E-state index in [-0.39, 0.29) is 29.6 Å². The number of carbonyl (C=O) groups is 1. The van der Waals surface area contributed by atoms with Crippen molar-refractivity contribution >= 4 is 11.9 Å². The van der Waals surface area contributed by atoms with Gasteiger partial charge < -0.3 is 26.0 Å². The van der Waals surface area contributed by atoms with Crippen molar-refractivity contribution in [3.8, 4) is 0 Å². The van der Waals surface area contributed by atoms with Gasteiger partial charge in [-0.15, -0.1) is 0 Å². The van der Waals surface area contributed by atoms with E-state index in [2.05, 4.69) is 57.4 Å². The summed E-state index contributed by atoms with van der Waals surface area (Å²) in [4.78, 5) is 16.6. The van der Waals surface area contributed by atoms with Gasteiger partial charge in [0.25, 0.3) is 0 Å². The summed E-state index contributed by atoms with van der Waals surface area (Å²) in [6.45, 7) is 13.1. The van der Waals surface area contributed by atoms with Crippen LogP contribution in [0.1, 0.15) is 59.1 Å². The maximum absolute atomic E-state index is 12.1. The summed E-state index contributed by atoms with van der Waals surface area (Å²) >= 11 is 0. The molecule has 4 N–H and O–H groups in total. The topological polar surface area (TPSA) is 86.8 Å². The van der Waals surface area contributed by atoms with Crippen LogP contribution in [0, 0.1) is 0 Å². The van der Waals surface area contributed by atoms with Crippen molar-refractivity contribution in [2.75, 3.05) is 32.8 Å². The van der Waals surface area contributed by atoms with Gasteiger partial charge in [-0.05, 0) is 53.0 Å². The highest BCUT2D eigenvalue weighted by atomic mass is 16.5. The molecule has 1 aromatic rings. The summed E-state index contributed by atoms with van der Waals surface area (Å²) in [6, 6.07) is 10.7. The summed E-state index contributed by atoms with van der Waals surface area (Å²) in [5.74, 6) is 0.567. The van der Waals surface area contributed by atoms with Gasteiger partial charge in [-0.25, -0.2) is 4.99 Å². The van der Waals surface area contributed by atoms with Crippen LogP contribution in [0.2, 0.25) is 0 Å². The molecule has 168 valence electrons. The number of hydrogen-bond acceptors (Lipinski definition) is 4. The summed E-state index contributed by atoms with van der Waals surface area (Å²) in [5, 5.41) is 13.5. The Hall–Kier alpha value is -2.12. The van der Waals surface area contributed by atoms with Gasteiger partial charge in [0.05, 0.1) is 0 Å². The lowest BCUT2D eigenvalue weighted by atomic mass is 9.88. The van der Waals surface area contributed by atoms with Crippen molar-refractivity contribution in [2.45, 2.75) is 64.6 Å². The van der Waals surface area contributed by atoms with Gasteiger partial charge >= 0.3 is 0 Å². The van der Waals surface area contributed by atoms with E-state index in [4.69, 9.17) is 4.74 Å². The fourth-order valence-corrected chi connectivity index (χ4v) is 3.62. The van der Waals surface area contributed by atoms with Crippen molar-refractivity contribution in [3.63, 3.8) is 0 Å². The highest BCUT2D eigenvalue weighted by molar-refractivity contribution is 5.85. The molecule has 1 atom stereocenters. The molecular formula is C23H39N5O2. The highest BCUT2D eigenvalue weighted by Gasteiger charge is 2.34. The van der Waals surface area contributed by atoms with E-state index in [9.17, 15) is 4.79 Å². The molecule has 0 aromatic heterocycles. The third-order valence-electron chi connectivity index (χ3n) is 5.11. The second-order valence-corrected chi connectivity index (χ2v) is 9.02. The SMILES string of the molecule is CCNC(=NCC(=O)NC(C)(C)C)NCC1(NC(C)c2ccccc2)CCOCC1. The predicted molar refractivity (Wildman–Crippen MR) is 123 cm³/mol. The van der Waals surface area contributed by atoms with Gasteiger partial charge in [0.2, 0.25) is 5.91 Å². The highest BCUT2D eigenvalue weighted by Crippen LogP contribution is 2.25. The van der Waals surface area contributed by atoms with Crippen molar-refractivity contribution in [1.82, 2.24) is 21.3 Å². The molecule has 7 heteroatoms. The van der Waals surface area contributed by atoms with Crippen LogP contribution in [0.15, 0.2) is 35.3 Å². The lowest BCUT2D eigenvalue weighted by molar-refractivity contribution is -0.121. The molecule has 1 amide bonds. The first-order valence-electron chi connectivity index (χ1n) is 11.0. The molecular weight excluding hydrogens is 378 g/mol. The van der Waals surface area contributed by atoms with Crippen LogP contribution in [0.4, 0.5) is 0 Å². The summed E-state index contributed by atoms with van der Waals surface area (Å²) < 4.78 is 5.63. The minimum Gasteiger partial charge on any atom is -0.381 e. The minimum absolute atomic E-state index is 0.0868. The van der Waals surface area contributed by atoms with E-state index in [1.807, 2.05) is 33.8 Å². The first-order valence-corrected chi connectivity index (χ1v) is 11.0. The van der Waals surface area contributed by atoms with Crippen LogP contribution in [0.5, 0.6) is 0 Å². The zero-order chi connectivity index (χ0) is 22.0. The fraction of sp³-hybridized carbons (Fsp3) is 0.652. The molecule has 0 aliphatic carbocycles. The van der Waals surface area contributed by atoms with E-state index in [1.165, 1.54) is 5.56 Å². The first kappa shape index (κ1) is 24.2. The number of amides is 1. The zero-order valence-electron chi connectivity index (χ0n) is 19.2. The molecule has 1 aliphatic heterocycles. The Labute approximate surface area is 181 Å². The molecule has 1 saturated heterocycles. The van der Waals surface area contributed by atoms with E-state index in [1.54, 1.807) is 0 Å². The molecule has 30 heavy (non-hydrogen) atoms. The Balaban J connectivity index is 2.03. The van der Waals surface area contributed by atoms with Crippen LogP contribution >= 0.6 is 0 Å². The number of guanidine groups is 1. The van der Waals surface area contributed by atoms with Gasteiger partial charge in [0.15, 0.2) is 5.96 Å². The maximum atomic E-state index is 12.1. The molecule has 0 bridgehead atoms. The zero-order valence-corrected chi connectivity index (χ0v) is 19.2. The van der Waals surface area contributed by atoms with Gasteiger partial charge in [-0.2, -0.15) is 0 Å². The Morgan fingerprint density at radius 1 is 1.17 bits per heavy atom. The number of hydrogen-bond donors (Lipinski definition) is 4. The van der Waals surface area contributed by atoms with Crippen molar-refractivity contribution in [3.05, 3.63) is 35.9 Å². The van der Waals surface area contributed by atoms with Crippen LogP contribution in [-0.4, -0.2) is 55.8 Å². The van der Waals surface area contributed by atoms with Gasteiger partial charge in [-0.1, -0.05) is 30.3 Å². The van der Waals surface area contributed by atoms with Crippen molar-refractivity contribution in [2.24, 2.45) is 4.99 Å². The largest absolute Gasteiger partial charge is 0.381 e. The Bertz CT molecular complexity index is 679. The summed E-state index contributed by atoms with van der Waals surface area (Å²) in [7, 11) is 0. The lowest BCUT2D eigenvalue weighted by Crippen LogP contribution is -2.58. The number of rotatable bonds is 8. The number of benzene rings is 1. The Morgan fingerprint density at radius 2 is 1.83 bits per heavy atom. The van der Waals surface area contributed by atoms with Crippen LogP contribution in [0.3, 0.4) is 0 Å². The normalized spacial score (nSPS) is 17.8. The molecule has 1 heterocycles. The van der Waals surface area contributed by atoms with Crippen molar-refractivity contribution < 1.29 is 9.53 Å². The molecule has 0 saturated carbocycles. The molecule has 2 rings (SSSR count). The fourth-order valence-electron chi connectivity index (χ4n) is 3.62. The molecule has 1 aliphatic rings. The smallest absolute Gasteiger partial charge is 0.242 e. The predicted octanol–water partition coefficient (Wildman–Crippen LogP) is 2.36. The van der Waals surface area contributed by atoms with E-state index < -0.39 is 0 Å². The van der Waals surface area contributed by atoms with Gasteiger partial charge in [0.1, 0.15) is 6.54 Å². The standard InChI is InChI=1S/C23H39N5O2/c1-6-24-21(25-16-20(29)28-22(3,4)5)26-17-23(12-14-30-15-13-23)27-18(2)19-10-8-7-9-11-19/h7-11,18,27H,6,12-17H2,1-5H3,(H,28,29)(H2,24,25,26). The second-order valence-electron chi connectivity index (χ2n) is 9.02. The van der Waals surface area contributed by atoms with E-state index in [0.29, 0.717) is 12.5 Å². The maximum Gasteiger partial charge on any atom is 0.242 e. The van der Waals surface area contributed by atoms with Crippen LogP contribution in [0.25, 0.3) is 0 Å². The molecule has 0 radical (unpaired) electrons. The third-order valence-corrected chi connectivity index (χ3v) is 5.11. The van der Waals surface area contributed by atoms with Crippen LogP contribution in [-0.2, 0) is 9.53 Å². The average molecular weight is 418 g/mol. The quantitative estimate of drug-likeness (QED) is 0.385. The molecule has 0 spiro atoms. The molecule has 1 aromatic carbocycles. The molecule has 1 fully saturated rings. The number of nitrogens with one attached hydrogen (secondary N) is 4. The summed E-state index contributed by atoms with van der Waals surface area (Å²) in [6.07, 6.45) is 1.84. The average Bonchev–Trinajstić information content (AvgIpc) is 2.70. The van der Waals surface area contributed by atoms with Gasteiger partial charge in [0, 0.05) is 43.4 Å². The summed E-state index contributed by atoms with van der Waals surface area (Å²) in [5.41, 5.74) is 0.905. The second kappa shape index (κ2) is 11.3. The van der Waals surface area contributed by atoms with Gasteiger partial charge in [-0.3, -0.25) is 4.79 Å². The Morgan fingerprint density at radius 3 is 2.43 bits per heavy atom. The molecule has 1 unspecified atom stereocenters.